The quantitative estimate of drug-likeness (QED) is 0.721. The molecule has 0 amide bonds. The van der Waals surface area contributed by atoms with Gasteiger partial charge in [0.05, 0.1) is 22.7 Å². The van der Waals surface area contributed by atoms with Gasteiger partial charge in [0.1, 0.15) is 18.2 Å². The van der Waals surface area contributed by atoms with Crippen LogP contribution in [0.2, 0.25) is 0 Å². The van der Waals surface area contributed by atoms with Crippen molar-refractivity contribution in [3.63, 3.8) is 0 Å². The maximum atomic E-state index is 8.75. The highest BCUT2D eigenvalue weighted by molar-refractivity contribution is 5.83. The molecule has 0 aliphatic heterocycles. The van der Waals surface area contributed by atoms with Crippen LogP contribution in [0.15, 0.2) is 36.4 Å². The van der Waals surface area contributed by atoms with E-state index in [2.05, 4.69) is 16.0 Å². The summed E-state index contributed by atoms with van der Waals surface area (Å²) in [7, 11) is 0. The molecule has 0 saturated carbocycles. The van der Waals surface area contributed by atoms with Gasteiger partial charge in [0.25, 0.3) is 0 Å². The average Bonchev–Trinajstić information content (AvgIpc) is 2.93. The maximum Gasteiger partial charge on any atom is 0.146 e. The highest BCUT2D eigenvalue weighted by atomic mass is 16.5. The molecule has 3 N–H and O–H groups in total. The number of nitrogens with zero attached hydrogens (tertiary/aromatic N) is 2. The summed E-state index contributed by atoms with van der Waals surface area (Å²) in [4.78, 5) is 7.72. The zero-order chi connectivity index (χ0) is 14.8. The Bertz CT molecular complexity index is 828. The number of nitrogens with two attached hydrogens (primary N) is 1. The van der Waals surface area contributed by atoms with Gasteiger partial charge in [-0.1, -0.05) is 0 Å². The monoisotopic (exact) mass is 278 g/mol. The van der Waals surface area contributed by atoms with Crippen LogP contribution < -0.4 is 10.5 Å². The van der Waals surface area contributed by atoms with Gasteiger partial charge in [0, 0.05) is 5.69 Å². The minimum Gasteiger partial charge on any atom is -0.486 e. The molecule has 5 nitrogen and oxygen atoms in total. The molecule has 0 fully saturated rings. The van der Waals surface area contributed by atoms with Gasteiger partial charge in [-0.3, -0.25) is 0 Å². The van der Waals surface area contributed by atoms with E-state index in [4.69, 9.17) is 15.7 Å². The van der Waals surface area contributed by atoms with Crippen LogP contribution in [0.5, 0.6) is 5.75 Å². The van der Waals surface area contributed by atoms with Crippen LogP contribution in [0.4, 0.5) is 5.69 Å². The molecule has 5 heteroatoms. The number of H-pyrrole nitrogens is 1. The lowest BCUT2D eigenvalue weighted by atomic mass is 10.2. The Morgan fingerprint density at radius 2 is 2.00 bits per heavy atom. The van der Waals surface area contributed by atoms with Crippen molar-refractivity contribution in [2.75, 3.05) is 5.73 Å². The number of aryl methyl sites for hydroxylation is 1. The van der Waals surface area contributed by atoms with Crippen molar-refractivity contribution in [3.8, 4) is 11.8 Å². The van der Waals surface area contributed by atoms with E-state index in [0.29, 0.717) is 17.9 Å². The van der Waals surface area contributed by atoms with Gasteiger partial charge in [-0.15, -0.1) is 0 Å². The number of nitriles is 1. The Morgan fingerprint density at radius 1 is 1.24 bits per heavy atom. The Hall–Kier alpha value is -3.00. The van der Waals surface area contributed by atoms with E-state index >= 15 is 0 Å². The minimum absolute atomic E-state index is 0.333. The summed E-state index contributed by atoms with van der Waals surface area (Å²) < 4.78 is 5.66. The molecular formula is C16H14N4O. The third-order valence-corrected chi connectivity index (χ3v) is 3.36. The fraction of sp³-hybridized carbons (Fsp3) is 0.125. The van der Waals surface area contributed by atoms with Gasteiger partial charge in [0.2, 0.25) is 0 Å². The number of aromatic amines is 1. The lowest BCUT2D eigenvalue weighted by molar-refractivity contribution is 0.297. The number of rotatable bonds is 3. The standard InChI is InChI=1S/C16H14N4O/c1-10-13(18)6-7-14-16(10)20-15(19-14)9-21-12-4-2-11(8-17)3-5-12/h2-7H,9,18H2,1H3,(H,19,20). The van der Waals surface area contributed by atoms with Crippen LogP contribution in [0, 0.1) is 18.3 Å². The summed E-state index contributed by atoms with van der Waals surface area (Å²) in [5.41, 5.74) is 9.99. The number of nitrogens with one attached hydrogen (secondary N) is 1. The fourth-order valence-corrected chi connectivity index (χ4v) is 2.12. The third kappa shape index (κ3) is 2.51. The number of anilines is 1. The van der Waals surface area contributed by atoms with Gasteiger partial charge in [-0.25, -0.2) is 4.98 Å². The first-order valence-corrected chi connectivity index (χ1v) is 6.54. The molecule has 0 aliphatic carbocycles. The summed E-state index contributed by atoms with van der Waals surface area (Å²) in [5, 5.41) is 8.75. The largest absolute Gasteiger partial charge is 0.486 e. The molecule has 21 heavy (non-hydrogen) atoms. The van der Waals surface area contributed by atoms with Crippen LogP contribution in [0.1, 0.15) is 17.0 Å². The number of fused-ring (bicyclic) bond motifs is 1. The zero-order valence-electron chi connectivity index (χ0n) is 11.6. The van der Waals surface area contributed by atoms with Gasteiger partial charge in [0.15, 0.2) is 0 Å². The molecule has 3 rings (SSSR count). The molecule has 0 radical (unpaired) electrons. The summed E-state index contributed by atoms with van der Waals surface area (Å²) in [5.74, 6) is 1.44. The number of benzene rings is 2. The first-order chi connectivity index (χ1) is 10.2. The number of aromatic nitrogens is 2. The van der Waals surface area contributed by atoms with Crippen molar-refractivity contribution in [1.29, 1.82) is 5.26 Å². The van der Waals surface area contributed by atoms with Gasteiger partial charge in [-0.2, -0.15) is 5.26 Å². The molecule has 0 aliphatic rings. The SMILES string of the molecule is Cc1c(N)ccc2[nH]c(COc3ccc(C#N)cc3)nc12. The van der Waals surface area contributed by atoms with E-state index < -0.39 is 0 Å². The van der Waals surface area contributed by atoms with Gasteiger partial charge < -0.3 is 15.5 Å². The van der Waals surface area contributed by atoms with E-state index in [9.17, 15) is 0 Å². The Morgan fingerprint density at radius 3 is 2.71 bits per heavy atom. The number of hydrogen-bond donors (Lipinski definition) is 2. The Kier molecular flexibility index (Phi) is 3.20. The highest BCUT2D eigenvalue weighted by Crippen LogP contribution is 2.22. The Labute approximate surface area is 122 Å². The van der Waals surface area contributed by atoms with Crippen molar-refractivity contribution in [2.24, 2.45) is 0 Å². The van der Waals surface area contributed by atoms with E-state index in [1.807, 2.05) is 19.1 Å². The summed E-state index contributed by atoms with van der Waals surface area (Å²) in [6, 6.07) is 12.8. The van der Waals surface area contributed by atoms with Crippen molar-refractivity contribution in [3.05, 3.63) is 53.3 Å². The number of imidazole rings is 1. The molecule has 1 aromatic heterocycles. The molecule has 0 atom stereocenters. The first-order valence-electron chi connectivity index (χ1n) is 6.54. The smallest absolute Gasteiger partial charge is 0.146 e. The molecule has 0 spiro atoms. The molecule has 104 valence electrons. The van der Waals surface area contributed by atoms with Crippen LogP contribution in [-0.4, -0.2) is 9.97 Å². The van der Waals surface area contributed by atoms with Crippen molar-refractivity contribution in [2.45, 2.75) is 13.5 Å². The van der Waals surface area contributed by atoms with Crippen molar-refractivity contribution in [1.82, 2.24) is 9.97 Å². The van der Waals surface area contributed by atoms with Crippen LogP contribution in [-0.2, 0) is 6.61 Å². The third-order valence-electron chi connectivity index (χ3n) is 3.36. The second kappa shape index (κ2) is 5.17. The molecule has 2 aromatic carbocycles. The van der Waals surface area contributed by atoms with Gasteiger partial charge in [-0.05, 0) is 48.9 Å². The second-order valence-corrected chi connectivity index (χ2v) is 4.78. The molecular weight excluding hydrogens is 264 g/mol. The van der Waals surface area contributed by atoms with Crippen molar-refractivity contribution >= 4 is 16.7 Å². The molecule has 0 unspecified atom stereocenters. The van der Waals surface area contributed by atoms with Crippen LogP contribution >= 0.6 is 0 Å². The van der Waals surface area contributed by atoms with E-state index in [-0.39, 0.29) is 0 Å². The zero-order valence-corrected chi connectivity index (χ0v) is 11.6. The molecule has 0 bridgehead atoms. The van der Waals surface area contributed by atoms with E-state index in [0.717, 1.165) is 28.1 Å². The first kappa shape index (κ1) is 13.0. The number of hydrogen-bond acceptors (Lipinski definition) is 4. The second-order valence-electron chi connectivity index (χ2n) is 4.78. The summed E-state index contributed by atoms with van der Waals surface area (Å²) in [6.45, 7) is 2.28. The van der Waals surface area contributed by atoms with E-state index in [1.54, 1.807) is 24.3 Å². The van der Waals surface area contributed by atoms with Crippen molar-refractivity contribution < 1.29 is 4.74 Å². The lowest BCUT2D eigenvalue weighted by Crippen LogP contribution is -1.97. The summed E-state index contributed by atoms with van der Waals surface area (Å²) >= 11 is 0. The van der Waals surface area contributed by atoms with Crippen LogP contribution in [0.25, 0.3) is 11.0 Å². The predicted octanol–water partition coefficient (Wildman–Crippen LogP) is 2.90. The van der Waals surface area contributed by atoms with Crippen LogP contribution in [0.3, 0.4) is 0 Å². The van der Waals surface area contributed by atoms with Gasteiger partial charge >= 0.3 is 0 Å². The Balaban J connectivity index is 1.79. The highest BCUT2D eigenvalue weighted by Gasteiger charge is 2.07. The topological polar surface area (TPSA) is 87.7 Å². The number of ether oxygens (including phenoxy) is 1. The normalized spacial score (nSPS) is 10.5. The number of nitrogen functional groups attached to an aromatic ring is 1. The van der Waals surface area contributed by atoms with E-state index in [1.165, 1.54) is 0 Å². The fourth-order valence-electron chi connectivity index (χ4n) is 2.12. The predicted molar refractivity (Wildman–Crippen MR) is 80.7 cm³/mol. The minimum atomic E-state index is 0.333. The summed E-state index contributed by atoms with van der Waals surface area (Å²) in [6.07, 6.45) is 0. The molecule has 1 heterocycles. The lowest BCUT2D eigenvalue weighted by Gasteiger charge is -2.03. The average molecular weight is 278 g/mol. The molecule has 0 saturated heterocycles. The maximum absolute atomic E-state index is 8.75. The molecule has 3 aromatic rings.